The highest BCUT2D eigenvalue weighted by atomic mass is 16.6. The maximum absolute atomic E-state index is 12.2. The van der Waals surface area contributed by atoms with Crippen LogP contribution in [0.3, 0.4) is 0 Å². The van der Waals surface area contributed by atoms with Crippen LogP contribution in [-0.4, -0.2) is 52.2 Å². The Morgan fingerprint density at radius 2 is 2.10 bits per heavy atom. The average Bonchev–Trinajstić information content (AvgIpc) is 3.13. The summed E-state index contributed by atoms with van der Waals surface area (Å²) in [5.74, 6) is 0.780. The van der Waals surface area contributed by atoms with Crippen molar-refractivity contribution in [1.82, 2.24) is 20.1 Å². The van der Waals surface area contributed by atoms with Gasteiger partial charge >= 0.3 is 0 Å². The second kappa shape index (κ2) is 6.13. The van der Waals surface area contributed by atoms with Gasteiger partial charge in [0.2, 0.25) is 5.91 Å². The Bertz CT molecular complexity index is 496. The quantitative estimate of drug-likeness (QED) is 0.825. The van der Waals surface area contributed by atoms with Gasteiger partial charge in [0.1, 0.15) is 11.4 Å². The maximum atomic E-state index is 12.2. The normalized spacial score (nSPS) is 23.7. The Hall–Kier alpha value is -1.43. The SMILES string of the molecule is Cc1nonc1CN(C)C[C@@H]1CC(=O)N(C2CCCC2)C1. The van der Waals surface area contributed by atoms with Crippen LogP contribution in [0.4, 0.5) is 0 Å². The zero-order valence-corrected chi connectivity index (χ0v) is 12.9. The minimum absolute atomic E-state index is 0.347. The molecular weight excluding hydrogens is 268 g/mol. The van der Waals surface area contributed by atoms with Gasteiger partial charge in [0.15, 0.2) is 0 Å². The average molecular weight is 292 g/mol. The molecule has 1 amide bonds. The van der Waals surface area contributed by atoms with Gasteiger partial charge < -0.3 is 4.90 Å². The van der Waals surface area contributed by atoms with E-state index in [1.807, 2.05) is 6.92 Å². The first kappa shape index (κ1) is 14.5. The zero-order valence-electron chi connectivity index (χ0n) is 12.9. The first-order valence-electron chi connectivity index (χ1n) is 7.89. The molecule has 1 saturated heterocycles. The number of aromatic nitrogens is 2. The second-order valence-electron chi connectivity index (χ2n) is 6.55. The monoisotopic (exact) mass is 292 g/mol. The molecule has 2 heterocycles. The van der Waals surface area contributed by atoms with Gasteiger partial charge in [-0.05, 0) is 32.7 Å². The molecule has 116 valence electrons. The maximum Gasteiger partial charge on any atom is 0.223 e. The summed E-state index contributed by atoms with van der Waals surface area (Å²) in [6.07, 6.45) is 5.63. The van der Waals surface area contributed by atoms with Crippen LogP contribution < -0.4 is 0 Å². The van der Waals surface area contributed by atoms with Crippen molar-refractivity contribution in [2.45, 2.75) is 51.6 Å². The van der Waals surface area contributed by atoms with E-state index in [0.717, 1.165) is 31.0 Å². The van der Waals surface area contributed by atoms with E-state index in [9.17, 15) is 4.79 Å². The van der Waals surface area contributed by atoms with Gasteiger partial charge in [0.25, 0.3) is 0 Å². The predicted octanol–water partition coefficient (Wildman–Crippen LogP) is 1.60. The van der Waals surface area contributed by atoms with Gasteiger partial charge in [-0.2, -0.15) is 0 Å². The number of aryl methyl sites for hydroxylation is 1. The van der Waals surface area contributed by atoms with Crippen molar-refractivity contribution in [2.75, 3.05) is 20.1 Å². The fraction of sp³-hybridized carbons (Fsp3) is 0.800. The lowest BCUT2D eigenvalue weighted by atomic mass is 10.1. The molecule has 21 heavy (non-hydrogen) atoms. The summed E-state index contributed by atoms with van der Waals surface area (Å²) in [7, 11) is 2.07. The largest absolute Gasteiger partial charge is 0.339 e. The summed E-state index contributed by atoms with van der Waals surface area (Å²) in [6, 6.07) is 0.509. The minimum atomic E-state index is 0.347. The van der Waals surface area contributed by atoms with Crippen LogP contribution in [0.5, 0.6) is 0 Å². The molecule has 0 unspecified atom stereocenters. The lowest BCUT2D eigenvalue weighted by Gasteiger charge is -2.25. The van der Waals surface area contributed by atoms with E-state index in [-0.39, 0.29) is 0 Å². The van der Waals surface area contributed by atoms with Crippen molar-refractivity contribution < 1.29 is 9.42 Å². The molecule has 1 aromatic rings. The zero-order chi connectivity index (χ0) is 14.8. The summed E-state index contributed by atoms with van der Waals surface area (Å²) in [5.41, 5.74) is 1.73. The summed E-state index contributed by atoms with van der Waals surface area (Å²) in [5, 5.41) is 7.72. The summed E-state index contributed by atoms with van der Waals surface area (Å²) < 4.78 is 4.73. The molecule has 0 spiro atoms. The first-order chi connectivity index (χ1) is 10.1. The van der Waals surface area contributed by atoms with Crippen LogP contribution >= 0.6 is 0 Å². The molecule has 1 atom stereocenters. The molecule has 0 N–H and O–H groups in total. The molecule has 6 nitrogen and oxygen atoms in total. The Morgan fingerprint density at radius 1 is 1.33 bits per heavy atom. The van der Waals surface area contributed by atoms with Crippen molar-refractivity contribution in [1.29, 1.82) is 0 Å². The molecular formula is C15H24N4O2. The van der Waals surface area contributed by atoms with E-state index >= 15 is 0 Å². The number of likely N-dealkylation sites (tertiary alicyclic amines) is 1. The third kappa shape index (κ3) is 3.26. The number of hydrogen-bond acceptors (Lipinski definition) is 5. The van der Waals surface area contributed by atoms with Gasteiger partial charge in [0, 0.05) is 32.1 Å². The Balaban J connectivity index is 1.51. The van der Waals surface area contributed by atoms with Crippen molar-refractivity contribution >= 4 is 5.91 Å². The highest BCUT2D eigenvalue weighted by Gasteiger charge is 2.35. The predicted molar refractivity (Wildman–Crippen MR) is 77.4 cm³/mol. The molecule has 6 heteroatoms. The number of nitrogens with zero attached hydrogens (tertiary/aromatic N) is 4. The van der Waals surface area contributed by atoms with Gasteiger partial charge in [-0.25, -0.2) is 4.63 Å². The molecule has 1 aliphatic carbocycles. The third-order valence-corrected chi connectivity index (χ3v) is 4.74. The number of amides is 1. The van der Waals surface area contributed by atoms with Crippen LogP contribution in [-0.2, 0) is 11.3 Å². The van der Waals surface area contributed by atoms with E-state index in [2.05, 4.69) is 27.2 Å². The van der Waals surface area contributed by atoms with Gasteiger partial charge in [-0.3, -0.25) is 9.69 Å². The summed E-state index contributed by atoms with van der Waals surface area (Å²) in [4.78, 5) is 16.5. The summed E-state index contributed by atoms with van der Waals surface area (Å²) in [6.45, 7) is 4.47. The number of carbonyl (C=O) groups excluding carboxylic acids is 1. The molecule has 1 aliphatic heterocycles. The van der Waals surface area contributed by atoms with Crippen LogP contribution in [0.1, 0.15) is 43.5 Å². The number of rotatable bonds is 5. The van der Waals surface area contributed by atoms with E-state index in [1.54, 1.807) is 0 Å². The van der Waals surface area contributed by atoms with Crippen LogP contribution in [0.15, 0.2) is 4.63 Å². The molecule has 2 fully saturated rings. The highest BCUT2D eigenvalue weighted by Crippen LogP contribution is 2.29. The second-order valence-corrected chi connectivity index (χ2v) is 6.55. The van der Waals surface area contributed by atoms with E-state index < -0.39 is 0 Å². The van der Waals surface area contributed by atoms with Gasteiger partial charge in [0.05, 0.1) is 0 Å². The highest BCUT2D eigenvalue weighted by molar-refractivity contribution is 5.79. The molecule has 2 aliphatic rings. The third-order valence-electron chi connectivity index (χ3n) is 4.74. The van der Waals surface area contributed by atoms with Gasteiger partial charge in [-0.1, -0.05) is 23.2 Å². The fourth-order valence-corrected chi connectivity index (χ4v) is 3.65. The molecule has 0 bridgehead atoms. The van der Waals surface area contributed by atoms with Crippen molar-refractivity contribution in [3.8, 4) is 0 Å². The summed E-state index contributed by atoms with van der Waals surface area (Å²) >= 11 is 0. The van der Waals surface area contributed by atoms with Crippen molar-refractivity contribution in [3.05, 3.63) is 11.4 Å². The standard InChI is InChI=1S/C15H24N4O2/c1-11-14(17-21-16-11)10-18(2)8-12-7-15(20)19(9-12)13-5-3-4-6-13/h12-13H,3-10H2,1-2H3/t12-/m0/s1. The molecule has 3 rings (SSSR count). The molecule has 1 saturated carbocycles. The molecule has 1 aromatic heterocycles. The Morgan fingerprint density at radius 3 is 2.76 bits per heavy atom. The molecule has 0 radical (unpaired) electrons. The van der Waals surface area contributed by atoms with Crippen LogP contribution in [0, 0.1) is 12.8 Å². The van der Waals surface area contributed by atoms with Gasteiger partial charge in [-0.15, -0.1) is 0 Å². The lowest BCUT2D eigenvalue weighted by Crippen LogP contribution is -2.35. The minimum Gasteiger partial charge on any atom is -0.339 e. The van der Waals surface area contributed by atoms with E-state index in [1.165, 1.54) is 25.7 Å². The molecule has 0 aromatic carbocycles. The van der Waals surface area contributed by atoms with E-state index in [4.69, 9.17) is 4.63 Å². The van der Waals surface area contributed by atoms with Crippen molar-refractivity contribution in [2.24, 2.45) is 5.92 Å². The topological polar surface area (TPSA) is 62.5 Å². The van der Waals surface area contributed by atoms with Crippen LogP contribution in [0.2, 0.25) is 0 Å². The number of carbonyl (C=O) groups is 1. The lowest BCUT2D eigenvalue weighted by molar-refractivity contribution is -0.129. The Labute approximate surface area is 125 Å². The fourth-order valence-electron chi connectivity index (χ4n) is 3.65. The first-order valence-corrected chi connectivity index (χ1v) is 7.89. The van der Waals surface area contributed by atoms with E-state index in [0.29, 0.717) is 24.3 Å². The Kier molecular flexibility index (Phi) is 4.24. The van der Waals surface area contributed by atoms with Crippen LogP contribution in [0.25, 0.3) is 0 Å². The van der Waals surface area contributed by atoms with Crippen molar-refractivity contribution in [3.63, 3.8) is 0 Å². The number of hydrogen-bond donors (Lipinski definition) is 0. The smallest absolute Gasteiger partial charge is 0.223 e.